The van der Waals surface area contributed by atoms with Crippen molar-refractivity contribution in [1.82, 2.24) is 29.9 Å². The topological polar surface area (TPSA) is 98.6 Å². The first-order chi connectivity index (χ1) is 12.8. The van der Waals surface area contributed by atoms with Crippen molar-refractivity contribution < 1.29 is 8.94 Å². The van der Waals surface area contributed by atoms with Crippen LogP contribution in [0.2, 0.25) is 0 Å². The summed E-state index contributed by atoms with van der Waals surface area (Å²) < 4.78 is 13.0. The Bertz CT molecular complexity index is 1180. The van der Waals surface area contributed by atoms with E-state index in [1.54, 1.807) is 10.9 Å². The highest BCUT2D eigenvalue weighted by Gasteiger charge is 2.17. The van der Waals surface area contributed by atoms with Gasteiger partial charge in [0.2, 0.25) is 5.82 Å². The van der Waals surface area contributed by atoms with E-state index in [1.165, 1.54) is 0 Å². The first kappa shape index (κ1) is 14.6. The molecule has 0 saturated carbocycles. The highest BCUT2D eigenvalue weighted by Crippen LogP contribution is 2.28. The van der Waals surface area contributed by atoms with Gasteiger partial charge in [-0.2, -0.15) is 10.1 Å². The molecule has 0 atom stereocenters. The average Bonchev–Trinajstić information content (AvgIpc) is 3.41. The largest absolute Gasteiger partial charge is 0.454 e. The molecular weight excluding hydrogens is 332 g/mol. The highest BCUT2D eigenvalue weighted by atomic mass is 16.5. The normalized spacial score (nSPS) is 11.4. The van der Waals surface area contributed by atoms with Gasteiger partial charge in [-0.15, -0.1) is 0 Å². The molecular formula is C18H14N6O2. The van der Waals surface area contributed by atoms with Crippen LogP contribution < -0.4 is 0 Å². The number of aromatic amines is 1. The summed E-state index contributed by atoms with van der Waals surface area (Å²) in [7, 11) is 0. The van der Waals surface area contributed by atoms with Crippen molar-refractivity contribution >= 4 is 11.0 Å². The van der Waals surface area contributed by atoms with Crippen molar-refractivity contribution in [2.24, 2.45) is 0 Å². The molecule has 0 fully saturated rings. The van der Waals surface area contributed by atoms with E-state index in [9.17, 15) is 0 Å². The van der Waals surface area contributed by atoms with Gasteiger partial charge in [0.05, 0.1) is 23.1 Å². The number of rotatable bonds is 4. The molecule has 8 nitrogen and oxygen atoms in total. The molecule has 26 heavy (non-hydrogen) atoms. The summed E-state index contributed by atoms with van der Waals surface area (Å²) in [6.07, 6.45) is 3.60. The van der Waals surface area contributed by atoms with Crippen LogP contribution in [-0.4, -0.2) is 29.9 Å². The van der Waals surface area contributed by atoms with Crippen LogP contribution in [0.5, 0.6) is 0 Å². The minimum atomic E-state index is 0.330. The molecule has 5 aromatic rings. The maximum absolute atomic E-state index is 5.80. The van der Waals surface area contributed by atoms with Gasteiger partial charge < -0.3 is 13.9 Å². The Hall–Kier alpha value is -3.68. The van der Waals surface area contributed by atoms with E-state index in [2.05, 4.69) is 25.2 Å². The van der Waals surface area contributed by atoms with Crippen LogP contribution in [0, 0.1) is 6.92 Å². The second-order valence-electron chi connectivity index (χ2n) is 5.92. The Morgan fingerprint density at radius 1 is 1.12 bits per heavy atom. The van der Waals surface area contributed by atoms with Gasteiger partial charge in [-0.3, -0.25) is 4.68 Å². The van der Waals surface area contributed by atoms with Crippen molar-refractivity contribution in [3.8, 4) is 23.0 Å². The zero-order valence-electron chi connectivity index (χ0n) is 13.9. The van der Waals surface area contributed by atoms with Crippen LogP contribution in [0.15, 0.2) is 57.7 Å². The van der Waals surface area contributed by atoms with Gasteiger partial charge in [-0.25, -0.2) is 4.98 Å². The molecule has 0 bridgehead atoms. The molecule has 1 aromatic carbocycles. The van der Waals surface area contributed by atoms with Crippen LogP contribution >= 0.6 is 0 Å². The predicted octanol–water partition coefficient (Wildman–Crippen LogP) is 3.43. The lowest BCUT2D eigenvalue weighted by molar-refractivity contribution is 0.408. The van der Waals surface area contributed by atoms with E-state index in [0.717, 1.165) is 28.2 Å². The second-order valence-corrected chi connectivity index (χ2v) is 5.92. The zero-order chi connectivity index (χ0) is 17.5. The maximum atomic E-state index is 5.80. The molecule has 0 radical (unpaired) electrons. The fraction of sp³-hybridized carbons (Fsp3) is 0.111. The van der Waals surface area contributed by atoms with E-state index in [-0.39, 0.29) is 0 Å². The van der Waals surface area contributed by atoms with Gasteiger partial charge >= 0.3 is 0 Å². The molecule has 0 saturated heterocycles. The number of fused-ring (bicyclic) bond motifs is 1. The average molecular weight is 346 g/mol. The Balaban J connectivity index is 1.47. The fourth-order valence-corrected chi connectivity index (χ4v) is 2.90. The third kappa shape index (κ3) is 2.48. The molecule has 1 N–H and O–H groups in total. The van der Waals surface area contributed by atoms with Crippen molar-refractivity contribution in [2.45, 2.75) is 13.5 Å². The number of nitrogens with one attached hydrogen (secondary N) is 1. The minimum Gasteiger partial charge on any atom is -0.454 e. The Labute approximate surface area is 147 Å². The van der Waals surface area contributed by atoms with Gasteiger partial charge in [0, 0.05) is 12.4 Å². The molecule has 4 aromatic heterocycles. The second kappa shape index (κ2) is 5.69. The Morgan fingerprint density at radius 2 is 2.08 bits per heavy atom. The van der Waals surface area contributed by atoms with E-state index < -0.39 is 0 Å². The monoisotopic (exact) mass is 346 g/mol. The Morgan fingerprint density at radius 3 is 2.96 bits per heavy atom. The van der Waals surface area contributed by atoms with E-state index in [4.69, 9.17) is 8.94 Å². The van der Waals surface area contributed by atoms with Gasteiger partial charge in [-0.05, 0) is 37.3 Å². The number of imidazole rings is 1. The third-order valence-corrected chi connectivity index (χ3v) is 4.05. The van der Waals surface area contributed by atoms with Crippen molar-refractivity contribution in [3.05, 3.63) is 60.4 Å². The van der Waals surface area contributed by atoms with Crippen LogP contribution in [0.4, 0.5) is 0 Å². The molecule has 5 rings (SSSR count). The van der Waals surface area contributed by atoms with Crippen molar-refractivity contribution in [1.29, 1.82) is 0 Å². The number of aryl methyl sites for hydroxylation is 1. The molecule has 0 aliphatic carbocycles. The fourth-order valence-electron chi connectivity index (χ4n) is 2.90. The van der Waals surface area contributed by atoms with Gasteiger partial charge in [-0.1, -0.05) is 11.2 Å². The number of nitrogens with zero attached hydrogens (tertiary/aromatic N) is 5. The number of furan rings is 1. The van der Waals surface area contributed by atoms with E-state index >= 15 is 0 Å². The molecule has 0 amide bonds. The van der Waals surface area contributed by atoms with Crippen molar-refractivity contribution in [3.63, 3.8) is 0 Å². The summed E-state index contributed by atoms with van der Waals surface area (Å²) in [5, 5.41) is 8.25. The zero-order valence-corrected chi connectivity index (χ0v) is 13.9. The Kier molecular flexibility index (Phi) is 3.21. The molecule has 4 heterocycles. The molecule has 0 spiro atoms. The van der Waals surface area contributed by atoms with Crippen LogP contribution in [0.25, 0.3) is 34.1 Å². The standard InChI is InChI=1S/C18H14N6O2/c1-11-20-14-5-2-4-13(16(14)21-11)17-22-18(26-23-17)15-7-6-12(25-15)10-24-9-3-8-19-24/h2-9H,10H2,1H3,(H,20,21). The van der Waals surface area contributed by atoms with Gasteiger partial charge in [0.1, 0.15) is 11.6 Å². The van der Waals surface area contributed by atoms with Gasteiger partial charge in [0.25, 0.3) is 5.89 Å². The summed E-state index contributed by atoms with van der Waals surface area (Å²) >= 11 is 0. The first-order valence-corrected chi connectivity index (χ1v) is 8.12. The lowest BCUT2D eigenvalue weighted by Gasteiger charge is -1.96. The predicted molar refractivity (Wildman–Crippen MR) is 93.2 cm³/mol. The summed E-state index contributed by atoms with van der Waals surface area (Å²) in [5.41, 5.74) is 2.56. The van der Waals surface area contributed by atoms with Crippen molar-refractivity contribution in [2.75, 3.05) is 0 Å². The number of H-pyrrole nitrogens is 1. The summed E-state index contributed by atoms with van der Waals surface area (Å²) in [5.74, 6) is 2.92. The maximum Gasteiger partial charge on any atom is 0.293 e. The SMILES string of the molecule is Cc1nc2c(-c3noc(-c4ccc(Cn5cccn5)o4)n3)cccc2[nH]1. The van der Waals surface area contributed by atoms with Crippen LogP contribution in [0.1, 0.15) is 11.6 Å². The molecule has 8 heteroatoms. The van der Waals surface area contributed by atoms with Crippen LogP contribution in [0.3, 0.4) is 0 Å². The molecule has 0 aliphatic rings. The first-order valence-electron chi connectivity index (χ1n) is 8.12. The molecule has 0 aliphatic heterocycles. The summed E-state index contributed by atoms with van der Waals surface area (Å²) in [6.45, 7) is 2.45. The van der Waals surface area contributed by atoms with Crippen LogP contribution in [-0.2, 0) is 6.54 Å². The number of aromatic nitrogens is 6. The lowest BCUT2D eigenvalue weighted by Crippen LogP contribution is -1.97. The minimum absolute atomic E-state index is 0.330. The number of para-hydroxylation sites is 1. The summed E-state index contributed by atoms with van der Waals surface area (Å²) in [4.78, 5) is 12.2. The van der Waals surface area contributed by atoms with E-state index in [0.29, 0.717) is 24.0 Å². The molecule has 0 unspecified atom stereocenters. The highest BCUT2D eigenvalue weighted by molar-refractivity contribution is 5.90. The number of hydrogen-bond donors (Lipinski definition) is 1. The van der Waals surface area contributed by atoms with Gasteiger partial charge in [0.15, 0.2) is 5.76 Å². The molecule has 128 valence electrons. The quantitative estimate of drug-likeness (QED) is 0.535. The summed E-state index contributed by atoms with van der Waals surface area (Å²) in [6, 6.07) is 11.4. The van der Waals surface area contributed by atoms with E-state index in [1.807, 2.05) is 49.5 Å². The smallest absolute Gasteiger partial charge is 0.293 e. The number of benzene rings is 1. The number of hydrogen-bond acceptors (Lipinski definition) is 6. The lowest BCUT2D eigenvalue weighted by atomic mass is 10.2. The third-order valence-electron chi connectivity index (χ3n) is 4.05.